The molecule has 0 spiro atoms. The van der Waals surface area contributed by atoms with Crippen molar-refractivity contribution in [2.45, 2.75) is 70.8 Å². The van der Waals surface area contributed by atoms with Crippen molar-refractivity contribution < 1.29 is 19.1 Å². The van der Waals surface area contributed by atoms with Crippen molar-refractivity contribution >= 4 is 37.6 Å². The fraction of sp³-hybridized carbons (Fsp3) is 0.571. The average Bonchev–Trinajstić information content (AvgIpc) is 2.95. The maximum Gasteiger partial charge on any atom is 0.332 e. The Morgan fingerprint density at radius 2 is 2.00 bits per heavy atom. The van der Waals surface area contributed by atoms with Gasteiger partial charge in [-0.15, -0.1) is 0 Å². The molecule has 0 radical (unpaired) electrons. The van der Waals surface area contributed by atoms with Crippen LogP contribution < -0.4 is 5.32 Å². The molecule has 2 amide bonds. The van der Waals surface area contributed by atoms with Crippen LogP contribution in [-0.4, -0.2) is 48.5 Å². The molecule has 30 heavy (non-hydrogen) atoms. The third-order valence-electron chi connectivity index (χ3n) is 6.47. The van der Waals surface area contributed by atoms with Gasteiger partial charge in [0.2, 0.25) is 0 Å². The van der Waals surface area contributed by atoms with Crippen LogP contribution >= 0.6 is 11.6 Å². The molecule has 2 N–H and O–H groups in total. The minimum absolute atomic E-state index is 0.0849. The van der Waals surface area contributed by atoms with Gasteiger partial charge < -0.3 is 19.7 Å². The van der Waals surface area contributed by atoms with E-state index in [1.807, 2.05) is 6.07 Å². The van der Waals surface area contributed by atoms with E-state index in [0.717, 1.165) is 0 Å². The lowest BCUT2D eigenvalue weighted by Crippen LogP contribution is -2.60. The molecular formula is C21H30ClN3O4Si. The summed E-state index contributed by atoms with van der Waals surface area (Å²) in [6, 6.07) is 4.57. The molecule has 0 aromatic heterocycles. The number of benzene rings is 1. The lowest BCUT2D eigenvalue weighted by Gasteiger charge is -2.43. The number of amides is 2. The van der Waals surface area contributed by atoms with E-state index in [1.54, 1.807) is 19.9 Å². The van der Waals surface area contributed by atoms with Crippen LogP contribution in [0.5, 0.6) is 0 Å². The molecule has 2 atom stereocenters. The first kappa shape index (κ1) is 24.2. The van der Waals surface area contributed by atoms with Crippen LogP contribution in [0.1, 0.15) is 45.2 Å². The van der Waals surface area contributed by atoms with Gasteiger partial charge in [-0.1, -0.05) is 32.4 Å². The van der Waals surface area contributed by atoms with E-state index in [9.17, 15) is 14.7 Å². The Morgan fingerprint density at radius 3 is 2.50 bits per heavy atom. The van der Waals surface area contributed by atoms with Gasteiger partial charge in [-0.25, -0.2) is 9.59 Å². The fourth-order valence-electron chi connectivity index (χ4n) is 3.29. The maximum absolute atomic E-state index is 13.1. The van der Waals surface area contributed by atoms with Crippen molar-refractivity contribution in [3.8, 4) is 6.07 Å². The molecule has 9 heteroatoms. The summed E-state index contributed by atoms with van der Waals surface area (Å²) in [6.07, 6.45) is -0.164. The van der Waals surface area contributed by atoms with Gasteiger partial charge in [-0.05, 0) is 56.1 Å². The molecule has 164 valence electrons. The molecule has 0 unspecified atom stereocenters. The van der Waals surface area contributed by atoms with Gasteiger partial charge in [0.25, 0.3) is 0 Å². The minimum Gasteiger partial charge on any atom is -0.479 e. The summed E-state index contributed by atoms with van der Waals surface area (Å²) in [4.78, 5) is 26.7. The van der Waals surface area contributed by atoms with E-state index in [1.165, 1.54) is 11.0 Å². The average molecular weight is 452 g/mol. The fourth-order valence-corrected chi connectivity index (χ4v) is 4.91. The standard InChI is InChI=1S/C21H30ClN3O4Si/c1-13-15(9-8-14(12-23)17(13)22)24-19(28)25-11-10-16(21(25,5)18(26)27)29-30(6,7)20(2,3)4/h8-9,16H,10-11H2,1-7H3,(H,24,28)(H,26,27)/t16-,21-/m0/s1. The number of carbonyl (C=O) groups excluding carboxylic acids is 1. The van der Waals surface area contributed by atoms with Crippen LogP contribution in [0.25, 0.3) is 0 Å². The Labute approximate surface area is 184 Å². The molecule has 1 aromatic carbocycles. The van der Waals surface area contributed by atoms with Gasteiger partial charge in [0.15, 0.2) is 13.9 Å². The van der Waals surface area contributed by atoms with E-state index >= 15 is 0 Å². The summed E-state index contributed by atoms with van der Waals surface area (Å²) >= 11 is 6.19. The van der Waals surface area contributed by atoms with Crippen molar-refractivity contribution in [2.75, 3.05) is 11.9 Å². The Bertz CT molecular complexity index is 907. The first-order valence-electron chi connectivity index (χ1n) is 9.86. The molecule has 1 heterocycles. The first-order valence-corrected chi connectivity index (χ1v) is 13.1. The zero-order chi connectivity index (χ0) is 23.1. The Balaban J connectivity index is 2.32. The monoisotopic (exact) mass is 451 g/mol. The highest BCUT2D eigenvalue weighted by atomic mass is 35.5. The SMILES string of the molecule is Cc1c(NC(=O)N2CC[C@H](O[Si](C)(C)C(C)(C)C)[C@@]2(C)C(=O)O)ccc(C#N)c1Cl. The molecule has 1 fully saturated rings. The summed E-state index contributed by atoms with van der Waals surface area (Å²) in [5.41, 5.74) is -0.199. The van der Waals surface area contributed by atoms with Crippen molar-refractivity contribution in [3.63, 3.8) is 0 Å². The number of urea groups is 1. The summed E-state index contributed by atoms with van der Waals surface area (Å²) in [5, 5.41) is 22.1. The van der Waals surface area contributed by atoms with E-state index in [2.05, 4.69) is 39.2 Å². The second kappa shape index (κ2) is 8.21. The van der Waals surface area contributed by atoms with Crippen LogP contribution in [-0.2, 0) is 9.22 Å². The number of likely N-dealkylation sites (tertiary alicyclic amines) is 1. The van der Waals surface area contributed by atoms with Crippen LogP contribution in [0.2, 0.25) is 23.2 Å². The van der Waals surface area contributed by atoms with E-state index in [0.29, 0.717) is 23.2 Å². The molecule has 1 aromatic rings. The van der Waals surface area contributed by atoms with Crippen LogP contribution in [0.4, 0.5) is 10.5 Å². The summed E-state index contributed by atoms with van der Waals surface area (Å²) < 4.78 is 6.42. The number of carboxylic acids is 1. The molecular weight excluding hydrogens is 422 g/mol. The zero-order valence-electron chi connectivity index (χ0n) is 18.6. The molecule has 0 bridgehead atoms. The van der Waals surface area contributed by atoms with Crippen LogP contribution in [0.3, 0.4) is 0 Å². The number of carboxylic acid groups (broad SMARTS) is 1. The van der Waals surface area contributed by atoms with Gasteiger partial charge in [0, 0.05) is 12.2 Å². The smallest absolute Gasteiger partial charge is 0.332 e. The third kappa shape index (κ3) is 4.20. The Morgan fingerprint density at radius 1 is 1.40 bits per heavy atom. The summed E-state index contributed by atoms with van der Waals surface area (Å²) in [5.74, 6) is -1.10. The number of aliphatic carboxylic acids is 1. The van der Waals surface area contributed by atoms with Crippen LogP contribution in [0, 0.1) is 18.3 Å². The summed E-state index contributed by atoms with van der Waals surface area (Å²) in [6.45, 7) is 13.9. The van der Waals surface area contributed by atoms with Crippen LogP contribution in [0.15, 0.2) is 12.1 Å². The van der Waals surface area contributed by atoms with E-state index in [4.69, 9.17) is 21.3 Å². The molecule has 1 aliphatic rings. The molecule has 1 aliphatic heterocycles. The predicted octanol–water partition coefficient (Wildman–Crippen LogP) is 4.99. The molecule has 0 saturated carbocycles. The Kier molecular flexibility index (Phi) is 6.62. The third-order valence-corrected chi connectivity index (χ3v) is 11.4. The number of hydrogen-bond donors (Lipinski definition) is 2. The van der Waals surface area contributed by atoms with Crippen molar-refractivity contribution in [3.05, 3.63) is 28.3 Å². The molecule has 2 rings (SSSR count). The van der Waals surface area contributed by atoms with Crippen molar-refractivity contribution in [1.29, 1.82) is 5.26 Å². The molecule has 0 aliphatic carbocycles. The topological polar surface area (TPSA) is 103 Å². The lowest BCUT2D eigenvalue weighted by molar-refractivity contribution is -0.151. The van der Waals surface area contributed by atoms with Crippen molar-refractivity contribution in [1.82, 2.24) is 4.90 Å². The lowest BCUT2D eigenvalue weighted by atomic mass is 9.96. The maximum atomic E-state index is 13.1. The van der Waals surface area contributed by atoms with E-state index in [-0.39, 0.29) is 16.6 Å². The highest BCUT2D eigenvalue weighted by Crippen LogP contribution is 2.42. The predicted molar refractivity (Wildman–Crippen MR) is 119 cm³/mol. The van der Waals surface area contributed by atoms with Gasteiger partial charge in [-0.3, -0.25) is 0 Å². The second-order valence-electron chi connectivity index (χ2n) is 9.40. The van der Waals surface area contributed by atoms with Gasteiger partial charge >= 0.3 is 12.0 Å². The number of nitriles is 1. The van der Waals surface area contributed by atoms with Gasteiger partial charge in [-0.2, -0.15) is 5.26 Å². The quantitative estimate of drug-likeness (QED) is 0.627. The highest BCUT2D eigenvalue weighted by Gasteiger charge is 2.56. The first-order chi connectivity index (χ1) is 13.7. The number of rotatable bonds is 4. The Hall–Kier alpha value is -2.08. The normalized spacial score (nSPS) is 22.0. The minimum atomic E-state index is -2.24. The molecule has 7 nitrogen and oxygen atoms in total. The number of nitrogens with one attached hydrogen (secondary N) is 1. The van der Waals surface area contributed by atoms with E-state index < -0.39 is 32.0 Å². The van der Waals surface area contributed by atoms with Gasteiger partial charge in [0.05, 0.1) is 16.7 Å². The largest absolute Gasteiger partial charge is 0.479 e. The summed E-state index contributed by atoms with van der Waals surface area (Å²) in [7, 11) is -2.24. The van der Waals surface area contributed by atoms with Crippen molar-refractivity contribution in [2.24, 2.45) is 0 Å². The number of hydrogen-bond acceptors (Lipinski definition) is 4. The zero-order valence-corrected chi connectivity index (χ0v) is 20.3. The number of carbonyl (C=O) groups is 2. The molecule has 1 saturated heterocycles. The number of nitrogens with zero attached hydrogens (tertiary/aromatic N) is 2. The second-order valence-corrected chi connectivity index (χ2v) is 14.5. The highest BCUT2D eigenvalue weighted by molar-refractivity contribution is 6.74. The van der Waals surface area contributed by atoms with Gasteiger partial charge in [0.1, 0.15) is 6.07 Å². The number of anilines is 1. The number of halogens is 1.